The highest BCUT2D eigenvalue weighted by Crippen LogP contribution is 2.20. The number of hydrogen-bond donors (Lipinski definition) is 0. The molecule has 0 N–H and O–H groups in total. The number of nitrogens with zero attached hydrogens (tertiary/aromatic N) is 5. The topological polar surface area (TPSA) is 54.4 Å². The van der Waals surface area contributed by atoms with Gasteiger partial charge in [-0.05, 0) is 23.8 Å². The molecule has 1 aromatic carbocycles. The molecule has 29 heavy (non-hydrogen) atoms. The van der Waals surface area contributed by atoms with Gasteiger partial charge in [0.1, 0.15) is 0 Å². The number of aromatic nitrogens is 3. The highest BCUT2D eigenvalue weighted by Gasteiger charge is 2.15. The molecule has 0 radical (unpaired) electrons. The molecule has 2 aromatic heterocycles. The number of ether oxygens (including phenoxy) is 1. The van der Waals surface area contributed by atoms with E-state index < -0.39 is 0 Å². The van der Waals surface area contributed by atoms with Gasteiger partial charge in [0.05, 0.1) is 18.9 Å². The summed E-state index contributed by atoms with van der Waals surface area (Å²) >= 11 is 6.40. The van der Waals surface area contributed by atoms with E-state index in [0.29, 0.717) is 6.54 Å². The minimum Gasteiger partial charge on any atom is -0.378 e. The lowest BCUT2D eigenvalue weighted by atomic mass is 10.2. The van der Waals surface area contributed by atoms with Crippen LogP contribution in [0.2, 0.25) is 5.02 Å². The van der Waals surface area contributed by atoms with E-state index in [-0.39, 0.29) is 0 Å². The Morgan fingerprint density at radius 1 is 0.897 bits per heavy atom. The van der Waals surface area contributed by atoms with Gasteiger partial charge in [-0.3, -0.25) is 9.88 Å². The predicted molar refractivity (Wildman–Crippen MR) is 114 cm³/mol. The third kappa shape index (κ3) is 5.50. The molecule has 0 amide bonds. The summed E-state index contributed by atoms with van der Waals surface area (Å²) in [7, 11) is 0. The number of halogens is 1. The molecule has 1 saturated heterocycles. The minimum atomic E-state index is 0.713. The summed E-state index contributed by atoms with van der Waals surface area (Å²) in [4.78, 5) is 18.1. The van der Waals surface area contributed by atoms with Gasteiger partial charge >= 0.3 is 0 Å². The maximum atomic E-state index is 6.40. The highest BCUT2D eigenvalue weighted by molar-refractivity contribution is 6.31. The van der Waals surface area contributed by atoms with E-state index in [1.54, 1.807) is 0 Å². The van der Waals surface area contributed by atoms with Crippen molar-refractivity contribution in [2.24, 2.45) is 0 Å². The molecule has 1 fully saturated rings. The van der Waals surface area contributed by atoms with E-state index in [1.807, 2.05) is 55.0 Å². The smallest absolute Gasteiger partial charge is 0.225 e. The van der Waals surface area contributed by atoms with Gasteiger partial charge in [0.2, 0.25) is 5.95 Å². The Hall–Kier alpha value is -2.54. The molecule has 0 atom stereocenters. The largest absolute Gasteiger partial charge is 0.378 e. The second-order valence-electron chi connectivity index (χ2n) is 7.05. The van der Waals surface area contributed by atoms with Crippen molar-refractivity contribution in [1.82, 2.24) is 19.9 Å². The summed E-state index contributed by atoms with van der Waals surface area (Å²) in [6, 6.07) is 13.9. The fourth-order valence-corrected chi connectivity index (χ4v) is 3.57. The van der Waals surface area contributed by atoms with Crippen LogP contribution >= 0.6 is 11.6 Å². The van der Waals surface area contributed by atoms with Crippen LogP contribution in [0.1, 0.15) is 16.8 Å². The van der Waals surface area contributed by atoms with Crippen molar-refractivity contribution in [3.8, 4) is 0 Å². The van der Waals surface area contributed by atoms with Crippen molar-refractivity contribution in [2.75, 3.05) is 31.2 Å². The lowest BCUT2D eigenvalue weighted by Gasteiger charge is -2.27. The average Bonchev–Trinajstić information content (AvgIpc) is 2.77. The summed E-state index contributed by atoms with van der Waals surface area (Å²) in [5.74, 6) is 0.763. The summed E-state index contributed by atoms with van der Waals surface area (Å²) < 4.78 is 5.40. The zero-order chi connectivity index (χ0) is 19.9. The summed E-state index contributed by atoms with van der Waals surface area (Å²) in [6.07, 6.45) is 5.65. The van der Waals surface area contributed by atoms with Crippen LogP contribution in [-0.4, -0.2) is 46.2 Å². The second-order valence-corrected chi connectivity index (χ2v) is 7.46. The van der Waals surface area contributed by atoms with Crippen LogP contribution in [-0.2, 0) is 24.4 Å². The molecule has 3 aromatic rings. The third-order valence-corrected chi connectivity index (χ3v) is 5.22. The van der Waals surface area contributed by atoms with Gasteiger partial charge in [0, 0.05) is 61.9 Å². The molecule has 0 aliphatic carbocycles. The molecule has 1 aliphatic heterocycles. The zero-order valence-electron chi connectivity index (χ0n) is 16.2. The number of hydrogen-bond acceptors (Lipinski definition) is 6. The van der Waals surface area contributed by atoms with Crippen molar-refractivity contribution >= 4 is 17.5 Å². The molecular weight excluding hydrogens is 386 g/mol. The van der Waals surface area contributed by atoms with E-state index in [0.717, 1.165) is 67.2 Å². The van der Waals surface area contributed by atoms with Gasteiger partial charge in [-0.25, -0.2) is 9.97 Å². The van der Waals surface area contributed by atoms with Crippen molar-refractivity contribution in [3.05, 3.63) is 82.9 Å². The van der Waals surface area contributed by atoms with Gasteiger partial charge < -0.3 is 9.64 Å². The normalized spacial score (nSPS) is 14.3. The summed E-state index contributed by atoms with van der Waals surface area (Å²) in [5.41, 5.74) is 3.17. The molecule has 0 saturated carbocycles. The number of anilines is 1. The fourth-order valence-electron chi connectivity index (χ4n) is 3.37. The zero-order valence-corrected chi connectivity index (χ0v) is 17.0. The predicted octanol–water partition coefficient (Wildman–Crippen LogP) is 3.56. The molecule has 0 spiro atoms. The van der Waals surface area contributed by atoms with Gasteiger partial charge in [0.25, 0.3) is 0 Å². The molecule has 1 aliphatic rings. The van der Waals surface area contributed by atoms with Gasteiger partial charge in [-0.2, -0.15) is 0 Å². The quantitative estimate of drug-likeness (QED) is 0.594. The van der Waals surface area contributed by atoms with Gasteiger partial charge in [-0.1, -0.05) is 35.9 Å². The van der Waals surface area contributed by atoms with Crippen LogP contribution in [0.25, 0.3) is 0 Å². The lowest BCUT2D eigenvalue weighted by Crippen LogP contribution is -2.37. The van der Waals surface area contributed by atoms with E-state index in [4.69, 9.17) is 16.3 Å². The molecule has 0 bridgehead atoms. The maximum absolute atomic E-state index is 6.40. The van der Waals surface area contributed by atoms with Crippen LogP contribution in [0.3, 0.4) is 0 Å². The highest BCUT2D eigenvalue weighted by atomic mass is 35.5. The first-order chi connectivity index (χ1) is 14.3. The van der Waals surface area contributed by atoms with Crippen molar-refractivity contribution in [2.45, 2.75) is 19.6 Å². The Morgan fingerprint density at radius 3 is 2.38 bits per heavy atom. The Balaban J connectivity index is 1.49. The first-order valence-electron chi connectivity index (χ1n) is 9.77. The Labute approximate surface area is 176 Å². The number of rotatable bonds is 7. The SMILES string of the molecule is Clc1ccccc1CN(Cc1cnc(N2CCOCC2)nc1)Cc1ccccn1. The van der Waals surface area contributed by atoms with Crippen molar-refractivity contribution in [3.63, 3.8) is 0 Å². The standard InChI is InChI=1S/C22H24ClN5O/c23-21-7-2-1-5-19(21)16-27(17-20-6-3-4-8-24-20)15-18-13-25-22(26-14-18)28-9-11-29-12-10-28/h1-8,13-14H,9-12,15-17H2. The molecule has 3 heterocycles. The first-order valence-corrected chi connectivity index (χ1v) is 10.1. The minimum absolute atomic E-state index is 0.713. The van der Waals surface area contributed by atoms with E-state index in [1.165, 1.54) is 0 Å². The number of morpholine rings is 1. The van der Waals surface area contributed by atoms with Gasteiger partial charge in [0.15, 0.2) is 0 Å². The Kier molecular flexibility index (Phi) is 6.67. The molecule has 150 valence electrons. The van der Waals surface area contributed by atoms with E-state index in [2.05, 4.69) is 30.8 Å². The van der Waals surface area contributed by atoms with Gasteiger partial charge in [-0.15, -0.1) is 0 Å². The molecule has 4 rings (SSSR count). The van der Waals surface area contributed by atoms with Crippen molar-refractivity contribution < 1.29 is 4.74 Å². The Bertz CT molecular complexity index is 901. The summed E-state index contributed by atoms with van der Waals surface area (Å²) in [6.45, 7) is 5.26. The maximum Gasteiger partial charge on any atom is 0.225 e. The third-order valence-electron chi connectivity index (χ3n) is 4.86. The Morgan fingerprint density at radius 2 is 1.66 bits per heavy atom. The fraction of sp³-hybridized carbons (Fsp3) is 0.318. The monoisotopic (exact) mass is 409 g/mol. The lowest BCUT2D eigenvalue weighted by molar-refractivity contribution is 0.122. The molecular formula is C22H24ClN5O. The van der Waals surface area contributed by atoms with Crippen LogP contribution in [0.5, 0.6) is 0 Å². The summed E-state index contributed by atoms with van der Waals surface area (Å²) in [5, 5.41) is 0.775. The van der Waals surface area contributed by atoms with Crippen LogP contribution in [0.15, 0.2) is 61.1 Å². The van der Waals surface area contributed by atoms with Crippen LogP contribution < -0.4 is 4.90 Å². The molecule has 7 heteroatoms. The van der Waals surface area contributed by atoms with Crippen LogP contribution in [0.4, 0.5) is 5.95 Å². The number of pyridine rings is 1. The van der Waals surface area contributed by atoms with E-state index >= 15 is 0 Å². The van der Waals surface area contributed by atoms with Crippen LogP contribution in [0, 0.1) is 0 Å². The van der Waals surface area contributed by atoms with Crippen molar-refractivity contribution in [1.29, 1.82) is 0 Å². The van der Waals surface area contributed by atoms with E-state index in [9.17, 15) is 0 Å². The second kappa shape index (κ2) is 9.78. The first kappa shape index (κ1) is 19.8. The molecule has 6 nitrogen and oxygen atoms in total. The number of benzene rings is 1. The molecule has 0 unspecified atom stereocenters. The average molecular weight is 410 g/mol.